The normalized spacial score (nSPS) is 22.8. The molecule has 0 bridgehead atoms. The van der Waals surface area contributed by atoms with E-state index in [1.807, 2.05) is 17.2 Å². The quantitative estimate of drug-likeness (QED) is 0.726. The molecular weight excluding hydrogens is 405 g/mol. The predicted octanol–water partition coefficient (Wildman–Crippen LogP) is 4.02. The summed E-state index contributed by atoms with van der Waals surface area (Å²) >= 11 is 1.47. The second kappa shape index (κ2) is 8.71. The van der Waals surface area contributed by atoms with Gasteiger partial charge in [-0.3, -0.25) is 4.90 Å². The topological polar surface area (TPSA) is 81.5 Å². The molecule has 9 heteroatoms. The third-order valence-corrected chi connectivity index (χ3v) is 6.15. The summed E-state index contributed by atoms with van der Waals surface area (Å²) in [6.07, 6.45) is 3.22. The van der Waals surface area contributed by atoms with Crippen molar-refractivity contribution in [3.05, 3.63) is 47.2 Å². The van der Waals surface area contributed by atoms with Gasteiger partial charge in [0.15, 0.2) is 5.13 Å². The summed E-state index contributed by atoms with van der Waals surface area (Å²) in [5.41, 5.74) is 2.09. The number of cyclic esters (lactones) is 1. The zero-order valence-electron chi connectivity index (χ0n) is 16.5. The maximum absolute atomic E-state index is 14.9. The van der Waals surface area contributed by atoms with Crippen LogP contribution in [0.5, 0.6) is 0 Å². The van der Waals surface area contributed by atoms with E-state index in [0.29, 0.717) is 37.6 Å². The Morgan fingerprint density at radius 1 is 1.47 bits per heavy atom. The van der Waals surface area contributed by atoms with E-state index >= 15 is 0 Å². The van der Waals surface area contributed by atoms with Gasteiger partial charge in [0, 0.05) is 30.7 Å². The number of carbonyl (C=O) groups excluding carboxylic acids is 1. The van der Waals surface area contributed by atoms with Crippen LogP contribution in [0.3, 0.4) is 0 Å². The third-order valence-electron chi connectivity index (χ3n) is 5.42. The Morgan fingerprint density at radius 2 is 2.33 bits per heavy atom. The highest BCUT2D eigenvalue weighted by atomic mass is 32.1. The molecule has 2 fully saturated rings. The highest BCUT2D eigenvalue weighted by molar-refractivity contribution is 7.13. The largest absolute Gasteiger partial charge is 0.442 e. The summed E-state index contributed by atoms with van der Waals surface area (Å²) in [7, 11) is 0. The Kier molecular flexibility index (Phi) is 5.86. The number of piperidine rings is 1. The Bertz CT molecular complexity index is 988. The number of thiazole rings is 1. The van der Waals surface area contributed by atoms with Crippen LogP contribution < -0.4 is 15.1 Å². The highest BCUT2D eigenvalue weighted by Crippen LogP contribution is 2.32. The first-order valence-electron chi connectivity index (χ1n) is 9.79. The van der Waals surface area contributed by atoms with Crippen molar-refractivity contribution in [1.29, 1.82) is 5.26 Å². The molecule has 2 unspecified atom stereocenters. The predicted molar refractivity (Wildman–Crippen MR) is 114 cm³/mol. The molecule has 0 aliphatic carbocycles. The molecule has 3 heterocycles. The maximum atomic E-state index is 14.9. The molecule has 1 amide bonds. The summed E-state index contributed by atoms with van der Waals surface area (Å²) in [5, 5.41) is 14.6. The number of allylic oxidation sites excluding steroid dienone is 1. The van der Waals surface area contributed by atoms with Gasteiger partial charge >= 0.3 is 6.09 Å². The molecule has 1 N–H and O–H groups in total. The lowest BCUT2D eigenvalue weighted by atomic mass is 9.92. The molecule has 2 aliphatic rings. The molecule has 1 aromatic heterocycles. The van der Waals surface area contributed by atoms with Gasteiger partial charge in [-0.2, -0.15) is 5.26 Å². The molecule has 156 valence electrons. The number of hydrogen-bond acceptors (Lipinski definition) is 7. The van der Waals surface area contributed by atoms with Gasteiger partial charge in [-0.1, -0.05) is 12.5 Å². The Labute approximate surface area is 178 Å². The minimum absolute atomic E-state index is 0.192. The van der Waals surface area contributed by atoms with Crippen molar-refractivity contribution in [3.8, 4) is 6.07 Å². The van der Waals surface area contributed by atoms with Crippen LogP contribution >= 0.6 is 11.3 Å². The minimum Gasteiger partial charge on any atom is -0.442 e. The number of anilines is 3. The number of carbonyl (C=O) groups is 1. The first kappa shape index (κ1) is 20.2. The summed E-state index contributed by atoms with van der Waals surface area (Å²) in [6.45, 7) is 4.14. The fraction of sp³-hybridized carbons (Fsp3) is 0.381. The van der Waals surface area contributed by atoms with E-state index in [1.54, 1.807) is 24.4 Å². The lowest BCUT2D eigenvalue weighted by molar-refractivity contribution is 0.147. The Hall–Kier alpha value is -3.12. The second-order valence-corrected chi connectivity index (χ2v) is 8.31. The van der Waals surface area contributed by atoms with Crippen LogP contribution in [-0.4, -0.2) is 43.4 Å². The van der Waals surface area contributed by atoms with Gasteiger partial charge < -0.3 is 15.0 Å². The van der Waals surface area contributed by atoms with Crippen molar-refractivity contribution in [2.45, 2.75) is 19.4 Å². The number of aromatic nitrogens is 1. The molecule has 2 aromatic rings. The number of rotatable bonds is 5. The molecule has 4 rings (SSSR count). The number of benzene rings is 1. The zero-order valence-corrected chi connectivity index (χ0v) is 17.4. The average Bonchev–Trinajstić information content (AvgIpc) is 3.37. The van der Waals surface area contributed by atoms with Crippen LogP contribution in [0.4, 0.5) is 25.7 Å². The average molecular weight is 428 g/mol. The summed E-state index contributed by atoms with van der Waals surface area (Å²) in [5.74, 6) is -0.179. The van der Waals surface area contributed by atoms with Crippen LogP contribution in [0.25, 0.3) is 0 Å². The van der Waals surface area contributed by atoms with Crippen molar-refractivity contribution in [1.82, 2.24) is 4.98 Å². The van der Waals surface area contributed by atoms with E-state index in [0.717, 1.165) is 17.1 Å². The first-order chi connectivity index (χ1) is 14.5. The molecule has 2 atom stereocenters. The van der Waals surface area contributed by atoms with E-state index in [9.17, 15) is 9.18 Å². The molecule has 30 heavy (non-hydrogen) atoms. The van der Waals surface area contributed by atoms with Gasteiger partial charge in [-0.15, -0.1) is 11.3 Å². The van der Waals surface area contributed by atoms with Crippen molar-refractivity contribution >= 4 is 33.9 Å². The molecule has 0 radical (unpaired) electrons. The van der Waals surface area contributed by atoms with Gasteiger partial charge in [0.05, 0.1) is 30.5 Å². The number of amides is 1. The standard InChI is InChI=1S/C21H22FN5O2S/c1-14-12-26(8-5-15(14)4-6-23)19-3-2-16(10-18(19)22)27-13-17(29-21(27)28)11-25-20-24-7-9-30-20/h2-4,7,9-10,14,17H,5,8,11-13H2,1H3,(H,24,25). The highest BCUT2D eigenvalue weighted by Gasteiger charge is 2.33. The van der Waals surface area contributed by atoms with Gasteiger partial charge in [-0.25, -0.2) is 14.2 Å². The smallest absolute Gasteiger partial charge is 0.414 e. The van der Waals surface area contributed by atoms with E-state index in [2.05, 4.69) is 16.4 Å². The monoisotopic (exact) mass is 427 g/mol. The summed E-state index contributed by atoms with van der Waals surface area (Å²) < 4.78 is 20.3. The van der Waals surface area contributed by atoms with Crippen molar-refractivity contribution in [3.63, 3.8) is 0 Å². The minimum atomic E-state index is -0.481. The Morgan fingerprint density at radius 3 is 3.03 bits per heavy atom. The van der Waals surface area contributed by atoms with Crippen molar-refractivity contribution < 1.29 is 13.9 Å². The van der Waals surface area contributed by atoms with Gasteiger partial charge in [-0.05, 0) is 30.5 Å². The number of nitriles is 1. The fourth-order valence-corrected chi connectivity index (χ4v) is 4.38. The fourth-order valence-electron chi connectivity index (χ4n) is 3.84. The van der Waals surface area contributed by atoms with Crippen LogP contribution in [0.2, 0.25) is 0 Å². The molecule has 1 aromatic carbocycles. The molecule has 2 aliphatic heterocycles. The van der Waals surface area contributed by atoms with Crippen LogP contribution in [0.15, 0.2) is 41.4 Å². The molecule has 2 saturated heterocycles. The number of hydrogen-bond donors (Lipinski definition) is 1. The third kappa shape index (κ3) is 4.24. The van der Waals surface area contributed by atoms with E-state index in [1.165, 1.54) is 22.3 Å². The van der Waals surface area contributed by atoms with E-state index in [-0.39, 0.29) is 17.8 Å². The number of nitrogens with zero attached hydrogens (tertiary/aromatic N) is 4. The second-order valence-electron chi connectivity index (χ2n) is 7.42. The summed E-state index contributed by atoms with van der Waals surface area (Å²) in [6, 6.07) is 6.94. The maximum Gasteiger partial charge on any atom is 0.414 e. The lowest BCUT2D eigenvalue weighted by Crippen LogP contribution is -2.36. The molecule has 7 nitrogen and oxygen atoms in total. The van der Waals surface area contributed by atoms with Gasteiger partial charge in [0.25, 0.3) is 0 Å². The zero-order chi connectivity index (χ0) is 21.1. The van der Waals surface area contributed by atoms with Crippen LogP contribution in [0, 0.1) is 23.1 Å². The van der Waals surface area contributed by atoms with Gasteiger partial charge in [0.2, 0.25) is 0 Å². The molecule has 0 spiro atoms. The Balaban J connectivity index is 1.41. The number of nitrogens with one attached hydrogen (secondary N) is 1. The van der Waals surface area contributed by atoms with Crippen LogP contribution in [-0.2, 0) is 4.74 Å². The summed E-state index contributed by atoms with van der Waals surface area (Å²) in [4.78, 5) is 19.9. The number of halogens is 1. The van der Waals surface area contributed by atoms with E-state index < -0.39 is 6.09 Å². The van der Waals surface area contributed by atoms with Gasteiger partial charge in [0.1, 0.15) is 11.9 Å². The molecule has 0 saturated carbocycles. The SMILES string of the molecule is CC1CN(c2ccc(N3CC(CNc4nccs4)OC3=O)cc2F)CCC1=CC#N. The van der Waals surface area contributed by atoms with E-state index in [4.69, 9.17) is 10.00 Å². The van der Waals surface area contributed by atoms with Crippen LogP contribution in [0.1, 0.15) is 13.3 Å². The number of ether oxygens (including phenoxy) is 1. The van der Waals surface area contributed by atoms with Crippen molar-refractivity contribution in [2.24, 2.45) is 5.92 Å². The van der Waals surface area contributed by atoms with Crippen molar-refractivity contribution in [2.75, 3.05) is 41.3 Å². The lowest BCUT2D eigenvalue weighted by Gasteiger charge is -2.34. The first-order valence-corrected chi connectivity index (χ1v) is 10.7. The molecular formula is C21H22FN5O2S.